The molecule has 0 aromatic heterocycles. The summed E-state index contributed by atoms with van der Waals surface area (Å²) in [7, 11) is 0. The van der Waals surface area contributed by atoms with Gasteiger partial charge in [-0.3, -0.25) is 0 Å². The number of anilines is 1. The topological polar surface area (TPSA) is 41.1 Å². The Kier molecular flexibility index (Phi) is 4.86. The zero-order valence-electron chi connectivity index (χ0n) is 13.7. The molecule has 2 aromatic carbocycles. The Hall–Kier alpha value is -2.29. The van der Waals surface area contributed by atoms with E-state index in [2.05, 4.69) is 43.5 Å². The molecule has 0 bridgehead atoms. The van der Waals surface area contributed by atoms with Crippen LogP contribution < -0.4 is 10.6 Å². The van der Waals surface area contributed by atoms with Gasteiger partial charge in [0.1, 0.15) is 0 Å². The zero-order chi connectivity index (χ0) is 16.2. The van der Waals surface area contributed by atoms with E-state index in [0.29, 0.717) is 0 Å². The summed E-state index contributed by atoms with van der Waals surface area (Å²) in [4.78, 5) is 12.1. The van der Waals surface area contributed by atoms with Gasteiger partial charge < -0.3 is 10.6 Å². The maximum absolute atomic E-state index is 12.1. The third-order valence-corrected chi connectivity index (χ3v) is 3.66. The number of hydrogen-bond donors (Lipinski definition) is 2. The highest BCUT2D eigenvalue weighted by molar-refractivity contribution is 5.89. The summed E-state index contributed by atoms with van der Waals surface area (Å²) in [6, 6.07) is 17.7. The lowest BCUT2D eigenvalue weighted by molar-refractivity contribution is 0.249. The standard InChI is InChI=1S/C19H24N2O/c1-14(15-8-6-5-7-9-15)20-18(22)21-17-12-10-16(11-13-17)19(2,3)4/h5-14H,1-4H3,(H2,20,21,22)/t14-/m0/s1. The summed E-state index contributed by atoms with van der Waals surface area (Å²) in [6.07, 6.45) is 0. The van der Waals surface area contributed by atoms with E-state index in [4.69, 9.17) is 0 Å². The second kappa shape index (κ2) is 6.65. The molecule has 0 aliphatic carbocycles. The lowest BCUT2D eigenvalue weighted by Crippen LogP contribution is -2.31. The van der Waals surface area contributed by atoms with Crippen LogP contribution in [0.5, 0.6) is 0 Å². The van der Waals surface area contributed by atoms with Gasteiger partial charge in [0.2, 0.25) is 0 Å². The van der Waals surface area contributed by atoms with Gasteiger partial charge in [-0.1, -0.05) is 63.2 Å². The van der Waals surface area contributed by atoms with Crippen LogP contribution in [0, 0.1) is 0 Å². The van der Waals surface area contributed by atoms with Gasteiger partial charge in [-0.2, -0.15) is 0 Å². The molecule has 0 aliphatic heterocycles. The van der Waals surface area contributed by atoms with Crippen molar-refractivity contribution in [3.63, 3.8) is 0 Å². The quantitative estimate of drug-likeness (QED) is 0.833. The van der Waals surface area contributed by atoms with E-state index < -0.39 is 0 Å². The Balaban J connectivity index is 1.95. The minimum Gasteiger partial charge on any atom is -0.331 e. The van der Waals surface area contributed by atoms with Gasteiger partial charge in [0.05, 0.1) is 6.04 Å². The molecule has 1 atom stereocenters. The van der Waals surface area contributed by atoms with Crippen LogP contribution >= 0.6 is 0 Å². The van der Waals surface area contributed by atoms with Crippen LogP contribution in [-0.2, 0) is 5.41 Å². The predicted octanol–water partition coefficient (Wildman–Crippen LogP) is 4.87. The van der Waals surface area contributed by atoms with Gasteiger partial charge in [0.15, 0.2) is 0 Å². The first kappa shape index (κ1) is 16.1. The highest BCUT2D eigenvalue weighted by Gasteiger charge is 2.13. The first-order valence-electron chi connectivity index (χ1n) is 7.59. The van der Waals surface area contributed by atoms with Crippen LogP contribution in [0.15, 0.2) is 54.6 Å². The molecule has 0 saturated heterocycles. The summed E-state index contributed by atoms with van der Waals surface area (Å²) in [6.45, 7) is 8.48. The van der Waals surface area contributed by atoms with Gasteiger partial charge in [-0.15, -0.1) is 0 Å². The van der Waals surface area contributed by atoms with Crippen LogP contribution in [0.4, 0.5) is 10.5 Å². The number of hydrogen-bond acceptors (Lipinski definition) is 1. The van der Waals surface area contributed by atoms with Gasteiger partial charge in [0.25, 0.3) is 0 Å². The number of urea groups is 1. The summed E-state index contributed by atoms with van der Waals surface area (Å²) in [5.74, 6) is 0. The van der Waals surface area contributed by atoms with Crippen molar-refractivity contribution in [3.8, 4) is 0 Å². The predicted molar refractivity (Wildman–Crippen MR) is 92.2 cm³/mol. The minimum atomic E-state index is -0.195. The van der Waals surface area contributed by atoms with Crippen molar-refractivity contribution in [3.05, 3.63) is 65.7 Å². The van der Waals surface area contributed by atoms with Crippen LogP contribution in [0.1, 0.15) is 44.9 Å². The van der Waals surface area contributed by atoms with E-state index in [1.54, 1.807) is 0 Å². The molecular weight excluding hydrogens is 272 g/mol. The van der Waals surface area contributed by atoms with Gasteiger partial charge in [-0.25, -0.2) is 4.79 Å². The molecule has 2 rings (SSSR count). The molecule has 116 valence electrons. The van der Waals surface area contributed by atoms with Crippen molar-refractivity contribution in [2.24, 2.45) is 0 Å². The SMILES string of the molecule is C[C@H](NC(=O)Nc1ccc(C(C)(C)C)cc1)c1ccccc1. The van der Waals surface area contributed by atoms with Crippen LogP contribution in [0.3, 0.4) is 0 Å². The molecule has 0 fully saturated rings. The number of nitrogens with one attached hydrogen (secondary N) is 2. The zero-order valence-corrected chi connectivity index (χ0v) is 13.7. The lowest BCUT2D eigenvalue weighted by Gasteiger charge is -2.19. The third-order valence-electron chi connectivity index (χ3n) is 3.66. The summed E-state index contributed by atoms with van der Waals surface area (Å²) < 4.78 is 0. The Morgan fingerprint density at radius 3 is 2.09 bits per heavy atom. The molecule has 2 N–H and O–H groups in total. The van der Waals surface area contributed by atoms with Crippen molar-refractivity contribution in [2.45, 2.75) is 39.2 Å². The average molecular weight is 296 g/mol. The molecule has 0 spiro atoms. The first-order valence-corrected chi connectivity index (χ1v) is 7.59. The number of amides is 2. The fourth-order valence-corrected chi connectivity index (χ4v) is 2.24. The molecule has 2 amide bonds. The fraction of sp³-hybridized carbons (Fsp3) is 0.316. The molecule has 0 aliphatic rings. The van der Waals surface area contributed by atoms with Gasteiger partial charge >= 0.3 is 6.03 Å². The van der Waals surface area contributed by atoms with E-state index in [9.17, 15) is 4.79 Å². The van der Waals surface area contributed by atoms with Crippen LogP contribution in [0.25, 0.3) is 0 Å². The van der Waals surface area contributed by atoms with E-state index in [0.717, 1.165) is 11.3 Å². The molecule has 2 aromatic rings. The maximum atomic E-state index is 12.1. The monoisotopic (exact) mass is 296 g/mol. The Bertz CT molecular complexity index is 612. The summed E-state index contributed by atoms with van der Waals surface area (Å²) in [5, 5.41) is 5.81. The van der Waals surface area contributed by atoms with Gasteiger partial charge in [0, 0.05) is 5.69 Å². The molecule has 0 unspecified atom stereocenters. The number of benzene rings is 2. The molecular formula is C19H24N2O. The normalized spacial score (nSPS) is 12.5. The molecule has 0 saturated carbocycles. The van der Waals surface area contributed by atoms with Crippen LogP contribution in [0.2, 0.25) is 0 Å². The lowest BCUT2D eigenvalue weighted by atomic mass is 9.87. The second-order valence-electron chi connectivity index (χ2n) is 6.56. The molecule has 0 radical (unpaired) electrons. The molecule has 22 heavy (non-hydrogen) atoms. The van der Waals surface area contributed by atoms with E-state index >= 15 is 0 Å². The van der Waals surface area contributed by atoms with E-state index in [1.807, 2.05) is 49.4 Å². The number of carbonyl (C=O) groups is 1. The smallest absolute Gasteiger partial charge is 0.319 e. The summed E-state index contributed by atoms with van der Waals surface area (Å²) >= 11 is 0. The Labute approximate surface area is 132 Å². The molecule has 3 nitrogen and oxygen atoms in total. The largest absolute Gasteiger partial charge is 0.331 e. The number of carbonyl (C=O) groups excluding carboxylic acids is 1. The Morgan fingerprint density at radius 2 is 1.55 bits per heavy atom. The van der Waals surface area contributed by atoms with Crippen molar-refractivity contribution in [2.75, 3.05) is 5.32 Å². The van der Waals surface area contributed by atoms with Crippen molar-refractivity contribution < 1.29 is 4.79 Å². The van der Waals surface area contributed by atoms with Crippen molar-refractivity contribution in [1.82, 2.24) is 5.32 Å². The second-order valence-corrected chi connectivity index (χ2v) is 6.56. The summed E-state index contributed by atoms with van der Waals surface area (Å²) in [5.41, 5.74) is 3.24. The minimum absolute atomic E-state index is 0.0324. The van der Waals surface area contributed by atoms with Crippen molar-refractivity contribution in [1.29, 1.82) is 0 Å². The Morgan fingerprint density at radius 1 is 0.955 bits per heavy atom. The molecule has 0 heterocycles. The van der Waals surface area contributed by atoms with Crippen LogP contribution in [-0.4, -0.2) is 6.03 Å². The van der Waals surface area contributed by atoms with E-state index in [-0.39, 0.29) is 17.5 Å². The van der Waals surface area contributed by atoms with Crippen molar-refractivity contribution >= 4 is 11.7 Å². The third kappa shape index (κ3) is 4.35. The average Bonchev–Trinajstić information content (AvgIpc) is 2.47. The van der Waals surface area contributed by atoms with E-state index in [1.165, 1.54) is 5.56 Å². The number of rotatable bonds is 3. The highest BCUT2D eigenvalue weighted by atomic mass is 16.2. The highest BCUT2D eigenvalue weighted by Crippen LogP contribution is 2.23. The molecule has 3 heteroatoms. The maximum Gasteiger partial charge on any atom is 0.319 e. The fourth-order valence-electron chi connectivity index (χ4n) is 2.24. The first-order chi connectivity index (χ1) is 10.4. The van der Waals surface area contributed by atoms with Gasteiger partial charge in [-0.05, 0) is 35.6 Å².